The van der Waals surface area contributed by atoms with Crippen molar-refractivity contribution in [3.63, 3.8) is 0 Å². The summed E-state index contributed by atoms with van der Waals surface area (Å²) >= 11 is 0. The topological polar surface area (TPSA) is 64.4 Å². The maximum Gasteiger partial charge on any atom is 0.416 e. The smallest absolute Gasteiger partial charge is 0.385 e. The lowest BCUT2D eigenvalue weighted by Crippen LogP contribution is -2.35. The number of aryl methyl sites for hydroxylation is 1. The van der Waals surface area contributed by atoms with E-state index < -0.39 is 23.4 Å². The molecule has 0 N–H and O–H groups in total. The molecule has 2 aromatic rings. The maximum atomic E-state index is 13.0. The van der Waals surface area contributed by atoms with Crippen LogP contribution in [0.25, 0.3) is 5.69 Å². The van der Waals surface area contributed by atoms with Gasteiger partial charge in [-0.3, -0.25) is 9.59 Å². The van der Waals surface area contributed by atoms with Gasteiger partial charge in [0, 0.05) is 27.3 Å². The number of nitrogens with zero attached hydrogens (tertiary/aromatic N) is 3. The van der Waals surface area contributed by atoms with Gasteiger partial charge in [-0.05, 0) is 38.5 Å². The molecule has 1 aromatic heterocycles. The quantitative estimate of drug-likeness (QED) is 0.409. The summed E-state index contributed by atoms with van der Waals surface area (Å²) in [7, 11) is 3.06. The average Bonchev–Trinajstić information content (AvgIpc) is 2.94. The Morgan fingerprint density at radius 2 is 1.93 bits per heavy atom. The number of aromatic nitrogens is 2. The van der Waals surface area contributed by atoms with Crippen molar-refractivity contribution in [1.82, 2.24) is 14.7 Å². The molecule has 6 nitrogen and oxygen atoms in total. The van der Waals surface area contributed by atoms with Crippen LogP contribution in [0.3, 0.4) is 0 Å². The molecule has 0 aliphatic carbocycles. The van der Waals surface area contributed by atoms with Crippen molar-refractivity contribution in [3.8, 4) is 5.69 Å². The molecule has 0 unspecified atom stereocenters. The van der Waals surface area contributed by atoms with E-state index in [0.29, 0.717) is 25.3 Å². The summed E-state index contributed by atoms with van der Waals surface area (Å²) in [5.74, 6) is -1.45. The third-order valence-electron chi connectivity index (χ3n) is 4.32. The maximum absolute atomic E-state index is 13.0. The van der Waals surface area contributed by atoms with Crippen molar-refractivity contribution in [2.24, 2.45) is 0 Å². The van der Waals surface area contributed by atoms with E-state index in [4.69, 9.17) is 4.74 Å². The van der Waals surface area contributed by atoms with Gasteiger partial charge in [0.15, 0.2) is 0 Å². The SMILES string of the molecule is COCCCN(C)C(=O)C(=O)c1c(C)nn(-c2cccc(C(F)(F)F)c2)c1C. The summed E-state index contributed by atoms with van der Waals surface area (Å²) < 4.78 is 45.1. The third kappa shape index (κ3) is 4.59. The normalized spacial score (nSPS) is 11.5. The van der Waals surface area contributed by atoms with Gasteiger partial charge in [-0.25, -0.2) is 4.68 Å². The highest BCUT2D eigenvalue weighted by Crippen LogP contribution is 2.31. The number of alkyl halides is 3. The molecule has 0 fully saturated rings. The molecule has 0 atom stereocenters. The van der Waals surface area contributed by atoms with Crippen molar-refractivity contribution < 1.29 is 27.5 Å². The Balaban J connectivity index is 2.34. The zero-order valence-corrected chi connectivity index (χ0v) is 16.1. The van der Waals surface area contributed by atoms with Gasteiger partial charge in [0.2, 0.25) is 0 Å². The minimum absolute atomic E-state index is 0.0982. The Morgan fingerprint density at radius 1 is 1.25 bits per heavy atom. The number of ether oxygens (including phenoxy) is 1. The van der Waals surface area contributed by atoms with Crippen LogP contribution in [0.4, 0.5) is 13.2 Å². The lowest BCUT2D eigenvalue weighted by atomic mass is 10.1. The molecule has 0 saturated heterocycles. The van der Waals surface area contributed by atoms with Crippen LogP contribution in [0.1, 0.15) is 33.7 Å². The van der Waals surface area contributed by atoms with E-state index in [1.54, 1.807) is 21.0 Å². The molecule has 1 amide bonds. The van der Waals surface area contributed by atoms with E-state index in [2.05, 4.69) is 5.10 Å². The predicted octanol–water partition coefficient (Wildman–Crippen LogP) is 3.19. The molecule has 9 heteroatoms. The van der Waals surface area contributed by atoms with Crippen molar-refractivity contribution in [2.45, 2.75) is 26.4 Å². The lowest BCUT2D eigenvalue weighted by molar-refractivity contribution is -0.137. The molecular formula is C19H22F3N3O3. The van der Waals surface area contributed by atoms with E-state index in [-0.39, 0.29) is 16.9 Å². The number of carbonyl (C=O) groups excluding carboxylic acids is 2. The van der Waals surface area contributed by atoms with Gasteiger partial charge in [-0.15, -0.1) is 0 Å². The summed E-state index contributed by atoms with van der Waals surface area (Å²) in [6.45, 7) is 3.89. The largest absolute Gasteiger partial charge is 0.416 e. The van der Waals surface area contributed by atoms with Crippen LogP contribution in [0, 0.1) is 13.8 Å². The van der Waals surface area contributed by atoms with Gasteiger partial charge in [0.05, 0.1) is 28.2 Å². The average molecular weight is 397 g/mol. The van der Waals surface area contributed by atoms with Gasteiger partial charge in [-0.1, -0.05) is 6.07 Å². The van der Waals surface area contributed by atoms with Crippen molar-refractivity contribution in [2.75, 3.05) is 27.3 Å². The first kappa shape index (κ1) is 21.6. The molecule has 28 heavy (non-hydrogen) atoms. The lowest BCUT2D eigenvalue weighted by Gasteiger charge is -2.16. The van der Waals surface area contributed by atoms with Crippen LogP contribution in [0.2, 0.25) is 0 Å². The minimum Gasteiger partial charge on any atom is -0.385 e. The first-order valence-electron chi connectivity index (χ1n) is 8.60. The Hall–Kier alpha value is -2.68. The Kier molecular flexibility index (Phi) is 6.60. The molecule has 0 spiro atoms. The highest BCUT2D eigenvalue weighted by atomic mass is 19.4. The van der Waals surface area contributed by atoms with E-state index in [1.807, 2.05) is 0 Å². The number of likely N-dealkylation sites (N-methyl/N-ethyl adjacent to an activating group) is 1. The summed E-state index contributed by atoms with van der Waals surface area (Å²) in [6, 6.07) is 4.64. The number of amides is 1. The number of ketones is 1. The number of halogens is 3. The number of hydrogen-bond acceptors (Lipinski definition) is 4. The Bertz CT molecular complexity index is 875. The Morgan fingerprint density at radius 3 is 2.54 bits per heavy atom. The monoisotopic (exact) mass is 397 g/mol. The molecule has 0 aliphatic heterocycles. The molecule has 152 valence electrons. The number of hydrogen-bond donors (Lipinski definition) is 0. The zero-order chi connectivity index (χ0) is 21.1. The van der Waals surface area contributed by atoms with Gasteiger partial charge in [0.1, 0.15) is 0 Å². The molecule has 0 radical (unpaired) electrons. The molecule has 0 bridgehead atoms. The van der Waals surface area contributed by atoms with Crippen LogP contribution >= 0.6 is 0 Å². The number of methoxy groups -OCH3 is 1. The van der Waals surface area contributed by atoms with E-state index in [0.717, 1.165) is 12.1 Å². The fourth-order valence-electron chi connectivity index (χ4n) is 2.86. The summed E-state index contributed by atoms with van der Waals surface area (Å²) in [6.07, 6.45) is -3.92. The van der Waals surface area contributed by atoms with E-state index in [9.17, 15) is 22.8 Å². The van der Waals surface area contributed by atoms with E-state index in [1.165, 1.54) is 28.8 Å². The second-order valence-corrected chi connectivity index (χ2v) is 6.41. The van der Waals surface area contributed by atoms with Crippen LogP contribution in [0.5, 0.6) is 0 Å². The van der Waals surface area contributed by atoms with E-state index >= 15 is 0 Å². The van der Waals surface area contributed by atoms with Gasteiger partial charge in [0.25, 0.3) is 11.7 Å². The second-order valence-electron chi connectivity index (χ2n) is 6.41. The molecule has 1 heterocycles. The third-order valence-corrected chi connectivity index (χ3v) is 4.32. The fourth-order valence-corrected chi connectivity index (χ4v) is 2.86. The number of benzene rings is 1. The van der Waals surface area contributed by atoms with Gasteiger partial charge < -0.3 is 9.64 Å². The minimum atomic E-state index is -4.49. The zero-order valence-electron chi connectivity index (χ0n) is 16.1. The molecule has 0 saturated carbocycles. The standard InChI is InChI=1S/C19H22F3N3O3/c1-12-16(17(26)18(27)24(3)9-6-10-28-4)13(2)25(23-12)15-8-5-7-14(11-15)19(20,21)22/h5,7-8,11H,6,9-10H2,1-4H3. The highest BCUT2D eigenvalue weighted by molar-refractivity contribution is 6.43. The molecule has 0 aliphatic rings. The van der Waals surface area contributed by atoms with Crippen molar-refractivity contribution in [3.05, 3.63) is 46.8 Å². The summed E-state index contributed by atoms with van der Waals surface area (Å²) in [5, 5.41) is 4.18. The predicted molar refractivity (Wildman–Crippen MR) is 96.5 cm³/mol. The van der Waals surface area contributed by atoms with Crippen molar-refractivity contribution >= 4 is 11.7 Å². The number of carbonyl (C=O) groups is 2. The number of Topliss-reactive ketones (excluding diaryl/α,β-unsaturated/α-hetero) is 1. The van der Waals surface area contributed by atoms with Crippen LogP contribution in [-0.2, 0) is 15.7 Å². The fraction of sp³-hybridized carbons (Fsp3) is 0.421. The van der Waals surface area contributed by atoms with Crippen LogP contribution < -0.4 is 0 Å². The van der Waals surface area contributed by atoms with Crippen molar-refractivity contribution in [1.29, 1.82) is 0 Å². The first-order valence-corrected chi connectivity index (χ1v) is 8.60. The van der Waals surface area contributed by atoms with Gasteiger partial charge >= 0.3 is 6.18 Å². The van der Waals surface area contributed by atoms with Gasteiger partial charge in [-0.2, -0.15) is 18.3 Å². The highest BCUT2D eigenvalue weighted by Gasteiger charge is 2.31. The van der Waals surface area contributed by atoms with Crippen LogP contribution in [0.15, 0.2) is 24.3 Å². The van der Waals surface area contributed by atoms with Crippen LogP contribution in [-0.4, -0.2) is 53.7 Å². The number of rotatable bonds is 7. The first-order chi connectivity index (χ1) is 13.1. The molecule has 1 aromatic carbocycles. The summed E-state index contributed by atoms with van der Waals surface area (Å²) in [4.78, 5) is 26.4. The molecular weight excluding hydrogens is 375 g/mol. The Labute approximate surface area is 160 Å². The second kappa shape index (κ2) is 8.55. The summed E-state index contributed by atoms with van der Waals surface area (Å²) in [5.41, 5.74) is 0.0229. The molecule has 2 rings (SSSR count).